The minimum Gasteiger partial charge on any atom is -0.396 e. The van der Waals surface area contributed by atoms with Crippen LogP contribution in [0, 0.1) is 5.92 Å². The Balaban J connectivity index is 1.70. The highest BCUT2D eigenvalue weighted by Crippen LogP contribution is 2.26. The molecule has 0 unspecified atom stereocenters. The lowest BCUT2D eigenvalue weighted by atomic mass is 9.86. The third kappa shape index (κ3) is 4.68. The second-order valence-electron chi connectivity index (χ2n) is 6.04. The lowest BCUT2D eigenvalue weighted by molar-refractivity contribution is 0.134. The molecule has 0 aromatic carbocycles. The van der Waals surface area contributed by atoms with Crippen molar-refractivity contribution in [1.82, 2.24) is 15.2 Å². The van der Waals surface area contributed by atoms with Crippen molar-refractivity contribution in [3.63, 3.8) is 0 Å². The normalized spacial score (nSPS) is 21.6. The van der Waals surface area contributed by atoms with E-state index in [1.54, 1.807) is 11.3 Å². The molecule has 2 rings (SSSR count). The SMILES string of the molecule is CCc1nc(CCNC(=O)N(C)C2CCC(CO)CC2)cs1. The predicted octanol–water partition coefficient (Wildman–Crippen LogP) is 2.44. The highest BCUT2D eigenvalue weighted by Gasteiger charge is 2.25. The number of aliphatic hydroxyl groups excluding tert-OH is 1. The van der Waals surface area contributed by atoms with Gasteiger partial charge in [0.1, 0.15) is 0 Å². The number of hydrogen-bond donors (Lipinski definition) is 2. The fourth-order valence-electron chi connectivity index (χ4n) is 2.93. The van der Waals surface area contributed by atoms with Crippen molar-refractivity contribution in [2.24, 2.45) is 5.92 Å². The molecule has 0 aliphatic heterocycles. The second kappa shape index (κ2) is 8.48. The highest BCUT2D eigenvalue weighted by molar-refractivity contribution is 7.09. The summed E-state index contributed by atoms with van der Waals surface area (Å²) in [5, 5.41) is 15.4. The third-order valence-electron chi connectivity index (χ3n) is 4.50. The first-order chi connectivity index (χ1) is 10.6. The Morgan fingerprint density at radius 2 is 2.18 bits per heavy atom. The smallest absolute Gasteiger partial charge is 0.317 e. The summed E-state index contributed by atoms with van der Waals surface area (Å²) in [6, 6.07) is 0.298. The van der Waals surface area contributed by atoms with Crippen LogP contribution in [-0.2, 0) is 12.8 Å². The molecule has 1 heterocycles. The number of thiazole rings is 1. The molecule has 1 aliphatic carbocycles. The van der Waals surface area contributed by atoms with Crippen molar-refractivity contribution in [2.45, 2.75) is 51.5 Å². The molecule has 1 saturated carbocycles. The molecular weight excluding hydrogens is 298 g/mol. The minimum atomic E-state index is -0.00149. The van der Waals surface area contributed by atoms with Gasteiger partial charge in [0.05, 0.1) is 10.7 Å². The van der Waals surface area contributed by atoms with Crippen LogP contribution in [0.25, 0.3) is 0 Å². The van der Waals surface area contributed by atoms with Gasteiger partial charge in [0.15, 0.2) is 0 Å². The van der Waals surface area contributed by atoms with E-state index in [-0.39, 0.29) is 12.6 Å². The average molecular weight is 325 g/mol. The number of aryl methyl sites for hydroxylation is 1. The molecule has 0 atom stereocenters. The van der Waals surface area contributed by atoms with Crippen molar-refractivity contribution in [3.05, 3.63) is 16.1 Å². The van der Waals surface area contributed by atoms with Crippen molar-refractivity contribution in [3.8, 4) is 0 Å². The molecule has 1 aromatic heterocycles. The molecule has 1 fully saturated rings. The van der Waals surface area contributed by atoms with Crippen molar-refractivity contribution in [1.29, 1.82) is 0 Å². The number of hydrogen-bond acceptors (Lipinski definition) is 4. The molecule has 2 N–H and O–H groups in total. The Labute approximate surface area is 136 Å². The second-order valence-corrected chi connectivity index (χ2v) is 6.98. The van der Waals surface area contributed by atoms with Crippen LogP contribution in [0.3, 0.4) is 0 Å². The van der Waals surface area contributed by atoms with Crippen LogP contribution in [0.15, 0.2) is 5.38 Å². The highest BCUT2D eigenvalue weighted by atomic mass is 32.1. The summed E-state index contributed by atoms with van der Waals surface area (Å²) < 4.78 is 0. The summed E-state index contributed by atoms with van der Waals surface area (Å²) in [6.45, 7) is 3.00. The number of nitrogens with zero attached hydrogens (tertiary/aromatic N) is 2. The molecule has 22 heavy (non-hydrogen) atoms. The number of aromatic nitrogens is 1. The van der Waals surface area contributed by atoms with Crippen molar-refractivity contribution in [2.75, 3.05) is 20.2 Å². The summed E-state index contributed by atoms with van der Waals surface area (Å²) in [4.78, 5) is 18.5. The summed E-state index contributed by atoms with van der Waals surface area (Å²) in [5.41, 5.74) is 1.06. The number of nitrogens with one attached hydrogen (secondary N) is 1. The zero-order chi connectivity index (χ0) is 15.9. The number of aliphatic hydroxyl groups is 1. The topological polar surface area (TPSA) is 65.5 Å². The first-order valence-electron chi connectivity index (χ1n) is 8.18. The van der Waals surface area contributed by atoms with Gasteiger partial charge in [-0.25, -0.2) is 9.78 Å². The van der Waals surface area contributed by atoms with Gasteiger partial charge < -0.3 is 15.3 Å². The monoisotopic (exact) mass is 325 g/mol. The van der Waals surface area contributed by atoms with E-state index < -0.39 is 0 Å². The summed E-state index contributed by atoms with van der Waals surface area (Å²) in [6.07, 6.45) is 5.75. The van der Waals surface area contributed by atoms with Gasteiger partial charge >= 0.3 is 6.03 Å². The quantitative estimate of drug-likeness (QED) is 0.844. The van der Waals surface area contributed by atoms with E-state index in [0.717, 1.165) is 49.2 Å². The van der Waals surface area contributed by atoms with Crippen LogP contribution in [0.5, 0.6) is 0 Å². The molecular formula is C16H27N3O2S. The standard InChI is InChI=1S/C16H27N3O2S/c1-3-15-18-13(11-22-15)8-9-17-16(21)19(2)14-6-4-12(10-20)5-7-14/h11-12,14,20H,3-10H2,1-2H3,(H,17,21). The number of urea groups is 1. The summed E-state index contributed by atoms with van der Waals surface area (Å²) in [5.74, 6) is 0.421. The largest absolute Gasteiger partial charge is 0.396 e. The van der Waals surface area contributed by atoms with E-state index in [9.17, 15) is 9.90 Å². The molecule has 124 valence electrons. The Kier molecular flexibility index (Phi) is 6.64. The zero-order valence-electron chi connectivity index (χ0n) is 13.5. The number of carbonyl (C=O) groups is 1. The van der Waals surface area contributed by atoms with Crippen LogP contribution < -0.4 is 5.32 Å². The molecule has 5 nitrogen and oxygen atoms in total. The summed E-state index contributed by atoms with van der Waals surface area (Å²) in [7, 11) is 1.87. The fourth-order valence-corrected chi connectivity index (χ4v) is 3.71. The van der Waals surface area contributed by atoms with Gasteiger partial charge in [-0.1, -0.05) is 6.92 Å². The van der Waals surface area contributed by atoms with Gasteiger partial charge in [0.25, 0.3) is 0 Å². The van der Waals surface area contributed by atoms with E-state index in [1.165, 1.54) is 0 Å². The van der Waals surface area contributed by atoms with Gasteiger partial charge in [-0.05, 0) is 38.0 Å². The van der Waals surface area contributed by atoms with Crippen LogP contribution in [0.2, 0.25) is 0 Å². The lowest BCUT2D eigenvalue weighted by Crippen LogP contribution is -2.45. The lowest BCUT2D eigenvalue weighted by Gasteiger charge is -2.34. The zero-order valence-corrected chi connectivity index (χ0v) is 14.4. The van der Waals surface area contributed by atoms with Gasteiger partial charge in [0, 0.05) is 38.0 Å². The number of rotatable bonds is 6. The molecule has 2 amide bonds. The van der Waals surface area contributed by atoms with Crippen molar-refractivity contribution >= 4 is 17.4 Å². The fraction of sp³-hybridized carbons (Fsp3) is 0.750. The van der Waals surface area contributed by atoms with E-state index in [2.05, 4.69) is 22.6 Å². The molecule has 0 spiro atoms. The van der Waals surface area contributed by atoms with Crippen molar-refractivity contribution < 1.29 is 9.90 Å². The molecule has 1 aromatic rings. The average Bonchev–Trinajstić information content (AvgIpc) is 3.02. The minimum absolute atomic E-state index is 0.00149. The molecule has 0 radical (unpaired) electrons. The van der Waals surface area contributed by atoms with Gasteiger partial charge in [-0.2, -0.15) is 0 Å². The Hall–Kier alpha value is -1.14. The van der Waals surface area contributed by atoms with Crippen LogP contribution >= 0.6 is 11.3 Å². The van der Waals surface area contributed by atoms with Crippen LogP contribution in [0.1, 0.15) is 43.3 Å². The van der Waals surface area contributed by atoms with E-state index in [4.69, 9.17) is 0 Å². The number of carbonyl (C=O) groups excluding carboxylic acids is 1. The Morgan fingerprint density at radius 1 is 1.45 bits per heavy atom. The Bertz CT molecular complexity index is 470. The molecule has 1 aliphatic rings. The van der Waals surface area contributed by atoms with Gasteiger partial charge in [-0.15, -0.1) is 11.3 Å². The maximum atomic E-state index is 12.2. The first-order valence-corrected chi connectivity index (χ1v) is 9.06. The maximum absolute atomic E-state index is 12.2. The molecule has 0 saturated heterocycles. The third-order valence-corrected chi connectivity index (χ3v) is 5.54. The molecule has 6 heteroatoms. The van der Waals surface area contributed by atoms with E-state index in [0.29, 0.717) is 18.5 Å². The number of amides is 2. The van der Waals surface area contributed by atoms with Crippen LogP contribution in [-0.4, -0.2) is 47.3 Å². The van der Waals surface area contributed by atoms with E-state index >= 15 is 0 Å². The van der Waals surface area contributed by atoms with Gasteiger partial charge in [0.2, 0.25) is 0 Å². The van der Waals surface area contributed by atoms with Crippen LogP contribution in [0.4, 0.5) is 4.79 Å². The maximum Gasteiger partial charge on any atom is 0.317 e. The molecule has 0 bridgehead atoms. The first kappa shape index (κ1) is 17.2. The predicted molar refractivity (Wildman–Crippen MR) is 89.2 cm³/mol. The van der Waals surface area contributed by atoms with E-state index in [1.807, 2.05) is 11.9 Å². The van der Waals surface area contributed by atoms with Gasteiger partial charge in [-0.3, -0.25) is 0 Å². The summed E-state index contributed by atoms with van der Waals surface area (Å²) >= 11 is 1.69. The Morgan fingerprint density at radius 3 is 2.77 bits per heavy atom.